The molecule has 1 saturated carbocycles. The van der Waals surface area contributed by atoms with Crippen molar-refractivity contribution in [3.63, 3.8) is 0 Å². The minimum absolute atomic E-state index is 0.0783. The van der Waals surface area contributed by atoms with Crippen molar-refractivity contribution in [2.24, 2.45) is 5.92 Å². The summed E-state index contributed by atoms with van der Waals surface area (Å²) in [5, 5.41) is 10.5. The quantitative estimate of drug-likeness (QED) is 0.813. The average Bonchev–Trinajstić information content (AvgIpc) is 2.49. The lowest BCUT2D eigenvalue weighted by atomic mass is 9.79. The number of rotatable bonds is 6. The predicted molar refractivity (Wildman–Crippen MR) is 77.4 cm³/mol. The molecule has 0 bridgehead atoms. The van der Waals surface area contributed by atoms with Crippen molar-refractivity contribution in [1.29, 1.82) is 0 Å². The zero-order valence-electron chi connectivity index (χ0n) is 12.5. The lowest BCUT2D eigenvalue weighted by Crippen LogP contribution is -2.40. The number of carbonyl (C=O) groups excluding carboxylic acids is 1. The van der Waals surface area contributed by atoms with Crippen LogP contribution in [0.3, 0.4) is 0 Å². The van der Waals surface area contributed by atoms with Crippen LogP contribution in [0.25, 0.3) is 0 Å². The van der Waals surface area contributed by atoms with Gasteiger partial charge in [0.1, 0.15) is 0 Å². The molecule has 21 heavy (non-hydrogen) atoms. The summed E-state index contributed by atoms with van der Waals surface area (Å²) in [6.07, 6.45) is 5.91. The number of hydrogen-bond acceptors (Lipinski definition) is 5. The van der Waals surface area contributed by atoms with Crippen LogP contribution in [-0.4, -0.2) is 34.9 Å². The molecule has 1 N–H and O–H groups in total. The third kappa shape index (κ3) is 4.79. The number of esters is 1. The second kappa shape index (κ2) is 7.52. The van der Waals surface area contributed by atoms with Gasteiger partial charge in [-0.05, 0) is 50.3 Å². The maximum atomic E-state index is 11.7. The first-order chi connectivity index (χ1) is 10.1. The highest BCUT2D eigenvalue weighted by molar-refractivity contribution is 5.72. The highest BCUT2D eigenvalue weighted by Crippen LogP contribution is 2.33. The topological polar surface area (TPSA) is 68.7 Å². The zero-order chi connectivity index (χ0) is 15.1. The largest absolute Gasteiger partial charge is 0.466 e. The van der Waals surface area contributed by atoms with Crippen LogP contribution < -0.4 is 0 Å². The third-order valence-corrected chi connectivity index (χ3v) is 3.93. The molecule has 0 atom stereocenters. The smallest absolute Gasteiger partial charge is 0.308 e. The number of nitrogens with zero attached hydrogens (tertiary/aromatic N) is 1. The summed E-state index contributed by atoms with van der Waals surface area (Å²) in [5.41, 5.74) is 0.213. The van der Waals surface area contributed by atoms with Crippen LogP contribution in [0.15, 0.2) is 24.5 Å². The van der Waals surface area contributed by atoms with E-state index in [9.17, 15) is 9.90 Å². The Bertz CT molecular complexity index is 441. The molecule has 1 aliphatic carbocycles. The third-order valence-electron chi connectivity index (χ3n) is 3.93. The van der Waals surface area contributed by atoms with E-state index in [1.807, 2.05) is 19.1 Å². The summed E-state index contributed by atoms with van der Waals surface area (Å²) in [6.45, 7) is 2.98. The summed E-state index contributed by atoms with van der Waals surface area (Å²) in [4.78, 5) is 15.6. The molecular formula is C16H23NO4. The van der Waals surface area contributed by atoms with Crippen molar-refractivity contribution in [1.82, 2.24) is 4.98 Å². The molecule has 0 aromatic carbocycles. The number of ether oxygens (including phenoxy) is 2. The molecule has 1 aromatic heterocycles. The molecule has 0 unspecified atom stereocenters. The summed E-state index contributed by atoms with van der Waals surface area (Å²) < 4.78 is 10.6. The molecular weight excluding hydrogens is 270 g/mol. The first-order valence-electron chi connectivity index (χ1n) is 7.48. The van der Waals surface area contributed by atoms with E-state index in [0.717, 1.165) is 5.56 Å². The normalized spacial score (nSPS) is 25.5. The van der Waals surface area contributed by atoms with Gasteiger partial charge in [0, 0.05) is 12.4 Å². The summed E-state index contributed by atoms with van der Waals surface area (Å²) in [7, 11) is 0. The molecule has 2 rings (SSSR count). The number of hydrogen-bond donors (Lipinski definition) is 1. The van der Waals surface area contributed by atoms with Gasteiger partial charge in [0.05, 0.1) is 31.3 Å². The molecule has 0 saturated heterocycles. The van der Waals surface area contributed by atoms with Crippen LogP contribution in [0.1, 0.15) is 38.2 Å². The van der Waals surface area contributed by atoms with Gasteiger partial charge >= 0.3 is 5.97 Å². The lowest BCUT2D eigenvalue weighted by molar-refractivity contribution is -0.152. The molecule has 1 aliphatic rings. The monoisotopic (exact) mass is 293 g/mol. The van der Waals surface area contributed by atoms with E-state index < -0.39 is 5.60 Å². The SMILES string of the molecule is CCOC(=O)C1CCC(O)(COCc2ccncc2)CC1. The average molecular weight is 293 g/mol. The highest BCUT2D eigenvalue weighted by Gasteiger charge is 2.36. The Kier molecular flexibility index (Phi) is 5.70. The maximum Gasteiger partial charge on any atom is 0.308 e. The molecule has 5 nitrogen and oxygen atoms in total. The van der Waals surface area contributed by atoms with Gasteiger partial charge in [0.15, 0.2) is 0 Å². The number of carbonyl (C=O) groups is 1. The van der Waals surface area contributed by atoms with Gasteiger partial charge in [0.25, 0.3) is 0 Å². The van der Waals surface area contributed by atoms with Crippen molar-refractivity contribution >= 4 is 5.97 Å². The van der Waals surface area contributed by atoms with Crippen LogP contribution in [-0.2, 0) is 20.9 Å². The minimum atomic E-state index is -0.823. The Morgan fingerprint density at radius 2 is 2.05 bits per heavy atom. The first-order valence-corrected chi connectivity index (χ1v) is 7.48. The van der Waals surface area contributed by atoms with Gasteiger partial charge in [-0.25, -0.2) is 0 Å². The zero-order valence-corrected chi connectivity index (χ0v) is 12.5. The van der Waals surface area contributed by atoms with Crippen LogP contribution >= 0.6 is 0 Å². The second-order valence-electron chi connectivity index (χ2n) is 5.60. The van der Waals surface area contributed by atoms with E-state index in [2.05, 4.69) is 4.98 Å². The highest BCUT2D eigenvalue weighted by atomic mass is 16.5. The van der Waals surface area contributed by atoms with E-state index >= 15 is 0 Å². The second-order valence-corrected chi connectivity index (χ2v) is 5.60. The van der Waals surface area contributed by atoms with E-state index in [1.54, 1.807) is 12.4 Å². The Hall–Kier alpha value is -1.46. The summed E-state index contributed by atoms with van der Waals surface area (Å²) >= 11 is 0. The standard InChI is InChI=1S/C16H23NO4/c1-2-21-15(18)14-3-7-16(19,8-4-14)12-20-11-13-5-9-17-10-6-13/h5-6,9-10,14,19H,2-4,7-8,11-12H2,1H3. The number of aromatic nitrogens is 1. The Balaban J connectivity index is 1.73. The minimum Gasteiger partial charge on any atom is -0.466 e. The first kappa shape index (κ1) is 15.9. The molecule has 1 heterocycles. The number of pyridine rings is 1. The molecule has 0 aliphatic heterocycles. The van der Waals surface area contributed by atoms with Crippen LogP contribution in [0.4, 0.5) is 0 Å². The van der Waals surface area contributed by atoms with Crippen molar-refractivity contribution in [2.75, 3.05) is 13.2 Å². The fourth-order valence-electron chi connectivity index (χ4n) is 2.63. The molecule has 0 amide bonds. The summed E-state index contributed by atoms with van der Waals surface area (Å²) in [6, 6.07) is 3.78. The van der Waals surface area contributed by atoms with E-state index in [-0.39, 0.29) is 11.9 Å². The van der Waals surface area contributed by atoms with E-state index in [0.29, 0.717) is 45.5 Å². The van der Waals surface area contributed by atoms with Crippen molar-refractivity contribution in [2.45, 2.75) is 44.8 Å². The molecule has 0 radical (unpaired) electrons. The predicted octanol–water partition coefficient (Wildman–Crippen LogP) is 2.08. The van der Waals surface area contributed by atoms with E-state index in [4.69, 9.17) is 9.47 Å². The Morgan fingerprint density at radius 1 is 1.38 bits per heavy atom. The van der Waals surface area contributed by atoms with Crippen molar-refractivity contribution < 1.29 is 19.4 Å². The van der Waals surface area contributed by atoms with Gasteiger partial charge in [-0.15, -0.1) is 0 Å². The van der Waals surface area contributed by atoms with Gasteiger partial charge in [-0.3, -0.25) is 9.78 Å². The summed E-state index contributed by atoms with van der Waals surface area (Å²) in [5.74, 6) is -0.220. The maximum absolute atomic E-state index is 11.7. The molecule has 116 valence electrons. The molecule has 5 heteroatoms. The van der Waals surface area contributed by atoms with Crippen LogP contribution in [0, 0.1) is 5.92 Å². The molecule has 1 aromatic rings. The van der Waals surface area contributed by atoms with Crippen LogP contribution in [0.5, 0.6) is 0 Å². The lowest BCUT2D eigenvalue weighted by Gasteiger charge is -2.34. The van der Waals surface area contributed by atoms with Gasteiger partial charge in [-0.1, -0.05) is 0 Å². The number of aliphatic hydroxyl groups is 1. The Morgan fingerprint density at radius 3 is 2.67 bits per heavy atom. The molecule has 0 spiro atoms. The fraction of sp³-hybridized carbons (Fsp3) is 0.625. The van der Waals surface area contributed by atoms with Crippen LogP contribution in [0.2, 0.25) is 0 Å². The van der Waals surface area contributed by atoms with Gasteiger partial charge in [-0.2, -0.15) is 0 Å². The van der Waals surface area contributed by atoms with Gasteiger partial charge < -0.3 is 14.6 Å². The van der Waals surface area contributed by atoms with Crippen molar-refractivity contribution in [3.8, 4) is 0 Å². The van der Waals surface area contributed by atoms with E-state index in [1.165, 1.54) is 0 Å². The van der Waals surface area contributed by atoms with Gasteiger partial charge in [0.2, 0.25) is 0 Å². The van der Waals surface area contributed by atoms with Crippen molar-refractivity contribution in [3.05, 3.63) is 30.1 Å². The molecule has 1 fully saturated rings. The fourth-order valence-corrected chi connectivity index (χ4v) is 2.63. The Labute approximate surface area is 125 Å².